The number of nitrogens with one attached hydrogen (secondary N) is 1. The zero-order chi connectivity index (χ0) is 12.8. The Morgan fingerprint density at radius 2 is 2.29 bits per heavy atom. The standard InChI is InChI=1S/C12H21N3O2/c1-4-10(6-7-16)13-12(17)11-8-9(3)14-15(11)5-2/h8,10,16H,4-7H2,1-3H3,(H,13,17). The van der Waals surface area contributed by atoms with E-state index in [9.17, 15) is 4.79 Å². The summed E-state index contributed by atoms with van der Waals surface area (Å²) in [6, 6.07) is 1.80. The third-order valence-electron chi connectivity index (χ3n) is 2.74. The van der Waals surface area contributed by atoms with E-state index in [-0.39, 0.29) is 18.6 Å². The molecular formula is C12H21N3O2. The molecule has 1 rings (SSSR count). The van der Waals surface area contributed by atoms with Gasteiger partial charge in [0.05, 0.1) is 5.69 Å². The fourth-order valence-electron chi connectivity index (χ4n) is 1.76. The molecule has 17 heavy (non-hydrogen) atoms. The van der Waals surface area contributed by atoms with Crippen LogP contribution in [0.1, 0.15) is 42.9 Å². The number of rotatable bonds is 6. The fourth-order valence-corrected chi connectivity index (χ4v) is 1.76. The molecule has 1 atom stereocenters. The Morgan fingerprint density at radius 3 is 2.82 bits per heavy atom. The van der Waals surface area contributed by atoms with Gasteiger partial charge in [-0.15, -0.1) is 0 Å². The number of aryl methyl sites for hydroxylation is 2. The molecule has 1 amide bonds. The first-order valence-electron chi connectivity index (χ1n) is 6.08. The first-order chi connectivity index (χ1) is 8.12. The van der Waals surface area contributed by atoms with Gasteiger partial charge in [0.15, 0.2) is 0 Å². The van der Waals surface area contributed by atoms with Crippen molar-refractivity contribution >= 4 is 5.91 Å². The molecule has 0 spiro atoms. The Bertz CT molecular complexity index is 374. The van der Waals surface area contributed by atoms with E-state index in [1.807, 2.05) is 20.8 Å². The second-order valence-electron chi connectivity index (χ2n) is 4.08. The van der Waals surface area contributed by atoms with Crippen LogP contribution in [-0.2, 0) is 6.54 Å². The van der Waals surface area contributed by atoms with Crippen LogP contribution in [0.5, 0.6) is 0 Å². The molecule has 0 saturated heterocycles. The molecule has 2 N–H and O–H groups in total. The summed E-state index contributed by atoms with van der Waals surface area (Å²) in [7, 11) is 0. The fraction of sp³-hybridized carbons (Fsp3) is 0.667. The highest BCUT2D eigenvalue weighted by atomic mass is 16.3. The van der Waals surface area contributed by atoms with Crippen molar-refractivity contribution in [1.29, 1.82) is 0 Å². The molecule has 0 aliphatic heterocycles. The van der Waals surface area contributed by atoms with Crippen molar-refractivity contribution in [1.82, 2.24) is 15.1 Å². The SMILES string of the molecule is CCC(CCO)NC(=O)c1cc(C)nn1CC. The number of hydrogen-bond acceptors (Lipinski definition) is 3. The predicted octanol–water partition coefficient (Wildman–Crippen LogP) is 1.10. The smallest absolute Gasteiger partial charge is 0.269 e. The minimum absolute atomic E-state index is 0.0213. The molecule has 1 heterocycles. The van der Waals surface area contributed by atoms with Crippen molar-refractivity contribution in [2.45, 2.75) is 46.2 Å². The van der Waals surface area contributed by atoms with Gasteiger partial charge in [0.2, 0.25) is 0 Å². The largest absolute Gasteiger partial charge is 0.396 e. The first kappa shape index (κ1) is 13.7. The van der Waals surface area contributed by atoms with Gasteiger partial charge < -0.3 is 10.4 Å². The van der Waals surface area contributed by atoms with Crippen LogP contribution in [0.3, 0.4) is 0 Å². The van der Waals surface area contributed by atoms with Gasteiger partial charge in [0.25, 0.3) is 5.91 Å². The third kappa shape index (κ3) is 3.56. The average Bonchev–Trinajstić information content (AvgIpc) is 2.69. The lowest BCUT2D eigenvalue weighted by molar-refractivity contribution is 0.0918. The normalized spacial score (nSPS) is 12.5. The maximum atomic E-state index is 12.0. The van der Waals surface area contributed by atoms with Gasteiger partial charge in [-0.1, -0.05) is 6.92 Å². The molecule has 1 unspecified atom stereocenters. The highest BCUT2D eigenvalue weighted by Gasteiger charge is 2.16. The predicted molar refractivity (Wildman–Crippen MR) is 65.9 cm³/mol. The average molecular weight is 239 g/mol. The van der Waals surface area contributed by atoms with Gasteiger partial charge in [0.1, 0.15) is 5.69 Å². The monoisotopic (exact) mass is 239 g/mol. The molecule has 1 aromatic heterocycles. The quantitative estimate of drug-likeness (QED) is 0.781. The van der Waals surface area contributed by atoms with E-state index in [0.29, 0.717) is 18.7 Å². The number of aliphatic hydroxyl groups excluding tert-OH is 1. The number of aliphatic hydroxyl groups is 1. The van der Waals surface area contributed by atoms with Gasteiger partial charge in [-0.25, -0.2) is 0 Å². The van der Waals surface area contributed by atoms with Crippen molar-refractivity contribution in [2.75, 3.05) is 6.61 Å². The molecule has 0 aliphatic carbocycles. The Kier molecular flexibility index (Phi) is 5.15. The van der Waals surface area contributed by atoms with Crippen molar-refractivity contribution < 1.29 is 9.90 Å². The van der Waals surface area contributed by atoms with Crippen LogP contribution in [0.15, 0.2) is 6.07 Å². The lowest BCUT2D eigenvalue weighted by Crippen LogP contribution is -2.36. The van der Waals surface area contributed by atoms with E-state index in [1.165, 1.54) is 0 Å². The van der Waals surface area contributed by atoms with Crippen LogP contribution in [0.25, 0.3) is 0 Å². The molecule has 5 nitrogen and oxygen atoms in total. The minimum Gasteiger partial charge on any atom is -0.396 e. The molecule has 0 aliphatic rings. The van der Waals surface area contributed by atoms with Crippen molar-refractivity contribution in [3.63, 3.8) is 0 Å². The second-order valence-corrected chi connectivity index (χ2v) is 4.08. The van der Waals surface area contributed by atoms with Crippen LogP contribution < -0.4 is 5.32 Å². The zero-order valence-corrected chi connectivity index (χ0v) is 10.7. The first-order valence-corrected chi connectivity index (χ1v) is 6.08. The Balaban J connectivity index is 2.74. The summed E-state index contributed by atoms with van der Waals surface area (Å²) in [6.45, 7) is 6.57. The number of amides is 1. The summed E-state index contributed by atoms with van der Waals surface area (Å²) in [4.78, 5) is 12.0. The molecule has 0 aromatic carbocycles. The zero-order valence-electron chi connectivity index (χ0n) is 10.7. The lowest BCUT2D eigenvalue weighted by Gasteiger charge is -2.15. The van der Waals surface area contributed by atoms with E-state index in [2.05, 4.69) is 10.4 Å². The van der Waals surface area contributed by atoms with E-state index in [0.717, 1.165) is 12.1 Å². The van der Waals surface area contributed by atoms with E-state index >= 15 is 0 Å². The molecular weight excluding hydrogens is 218 g/mol. The highest BCUT2D eigenvalue weighted by molar-refractivity contribution is 5.92. The Morgan fingerprint density at radius 1 is 1.59 bits per heavy atom. The highest BCUT2D eigenvalue weighted by Crippen LogP contribution is 2.05. The number of carbonyl (C=O) groups is 1. The molecule has 96 valence electrons. The summed E-state index contributed by atoms with van der Waals surface area (Å²) >= 11 is 0. The van der Waals surface area contributed by atoms with Gasteiger partial charge in [-0.05, 0) is 32.8 Å². The maximum Gasteiger partial charge on any atom is 0.269 e. The van der Waals surface area contributed by atoms with Crippen LogP contribution >= 0.6 is 0 Å². The number of hydrogen-bond donors (Lipinski definition) is 2. The summed E-state index contributed by atoms with van der Waals surface area (Å²) in [5.74, 6) is -0.118. The lowest BCUT2D eigenvalue weighted by atomic mass is 10.1. The molecule has 0 radical (unpaired) electrons. The topological polar surface area (TPSA) is 67.2 Å². The van der Waals surface area contributed by atoms with Crippen LogP contribution in [0.4, 0.5) is 0 Å². The van der Waals surface area contributed by atoms with E-state index < -0.39 is 0 Å². The van der Waals surface area contributed by atoms with Crippen molar-refractivity contribution in [2.24, 2.45) is 0 Å². The second kappa shape index (κ2) is 6.39. The summed E-state index contributed by atoms with van der Waals surface area (Å²) in [5.41, 5.74) is 1.42. The summed E-state index contributed by atoms with van der Waals surface area (Å²) < 4.78 is 1.69. The number of carbonyl (C=O) groups excluding carboxylic acids is 1. The maximum absolute atomic E-state index is 12.0. The van der Waals surface area contributed by atoms with Gasteiger partial charge in [-0.3, -0.25) is 9.48 Å². The summed E-state index contributed by atoms with van der Waals surface area (Å²) in [6.07, 6.45) is 1.40. The van der Waals surface area contributed by atoms with Gasteiger partial charge >= 0.3 is 0 Å². The molecule has 5 heteroatoms. The van der Waals surface area contributed by atoms with Crippen LogP contribution in [0.2, 0.25) is 0 Å². The molecule has 1 aromatic rings. The van der Waals surface area contributed by atoms with Crippen LogP contribution in [-0.4, -0.2) is 33.4 Å². The molecule has 0 bridgehead atoms. The van der Waals surface area contributed by atoms with Crippen molar-refractivity contribution in [3.05, 3.63) is 17.5 Å². The number of aromatic nitrogens is 2. The third-order valence-corrected chi connectivity index (χ3v) is 2.74. The Hall–Kier alpha value is -1.36. The minimum atomic E-state index is -0.118. The van der Waals surface area contributed by atoms with E-state index in [4.69, 9.17) is 5.11 Å². The molecule has 0 saturated carbocycles. The van der Waals surface area contributed by atoms with Crippen LogP contribution in [0, 0.1) is 6.92 Å². The molecule has 0 fully saturated rings. The summed E-state index contributed by atoms with van der Waals surface area (Å²) in [5, 5.41) is 16.0. The Labute approximate surface area is 102 Å². The number of nitrogens with zero attached hydrogens (tertiary/aromatic N) is 2. The van der Waals surface area contributed by atoms with Gasteiger partial charge in [0, 0.05) is 19.2 Å². The van der Waals surface area contributed by atoms with Gasteiger partial charge in [-0.2, -0.15) is 5.10 Å². The van der Waals surface area contributed by atoms with Crippen molar-refractivity contribution in [3.8, 4) is 0 Å². The van der Waals surface area contributed by atoms with E-state index in [1.54, 1.807) is 10.7 Å².